The van der Waals surface area contributed by atoms with Crippen molar-refractivity contribution in [2.75, 3.05) is 0 Å². The summed E-state index contributed by atoms with van der Waals surface area (Å²) >= 11 is 7.59. The Hall–Kier alpha value is -1.29. The molecule has 0 aliphatic heterocycles. The summed E-state index contributed by atoms with van der Waals surface area (Å²) in [5.41, 5.74) is 1.41. The number of benzene rings is 2. The van der Waals surface area contributed by atoms with Crippen molar-refractivity contribution >= 4 is 29.6 Å². The fourth-order valence-corrected chi connectivity index (χ4v) is 2.77. The van der Waals surface area contributed by atoms with Gasteiger partial charge in [0.2, 0.25) is 0 Å². The standard InChI is InChI=1S/C14H11ClO2S/c15-12-7-10(8-16)5-6-14(12)18-13-4-2-1-3-11(13)9-17/h1-8,17H,9H2. The number of halogens is 1. The highest BCUT2D eigenvalue weighted by Crippen LogP contribution is 2.35. The summed E-state index contributed by atoms with van der Waals surface area (Å²) in [7, 11) is 0. The monoisotopic (exact) mass is 278 g/mol. The van der Waals surface area contributed by atoms with Crippen molar-refractivity contribution in [3.63, 3.8) is 0 Å². The summed E-state index contributed by atoms with van der Waals surface area (Å²) in [5, 5.41) is 9.79. The number of aldehydes is 1. The summed E-state index contributed by atoms with van der Waals surface area (Å²) in [4.78, 5) is 12.5. The van der Waals surface area contributed by atoms with Gasteiger partial charge in [0.05, 0.1) is 11.6 Å². The van der Waals surface area contributed by atoms with Crippen LogP contribution in [0, 0.1) is 0 Å². The van der Waals surface area contributed by atoms with Gasteiger partial charge in [-0.15, -0.1) is 0 Å². The van der Waals surface area contributed by atoms with Gasteiger partial charge in [-0.3, -0.25) is 4.79 Å². The van der Waals surface area contributed by atoms with Crippen molar-refractivity contribution in [2.45, 2.75) is 16.4 Å². The highest BCUT2D eigenvalue weighted by molar-refractivity contribution is 7.99. The Morgan fingerprint density at radius 2 is 1.94 bits per heavy atom. The molecule has 0 saturated heterocycles. The molecule has 2 aromatic rings. The number of carbonyl (C=O) groups is 1. The van der Waals surface area contributed by atoms with Crippen LogP contribution in [0.3, 0.4) is 0 Å². The molecule has 0 radical (unpaired) electrons. The summed E-state index contributed by atoms with van der Waals surface area (Å²) in [6.45, 7) is -0.00673. The fourth-order valence-electron chi connectivity index (χ4n) is 1.53. The van der Waals surface area contributed by atoms with Gasteiger partial charge >= 0.3 is 0 Å². The lowest BCUT2D eigenvalue weighted by atomic mass is 10.2. The van der Waals surface area contributed by atoms with Gasteiger partial charge in [0.15, 0.2) is 0 Å². The van der Waals surface area contributed by atoms with Crippen LogP contribution in [-0.4, -0.2) is 11.4 Å². The van der Waals surface area contributed by atoms with Crippen molar-refractivity contribution in [3.05, 3.63) is 58.6 Å². The van der Waals surface area contributed by atoms with Gasteiger partial charge in [0.1, 0.15) is 6.29 Å². The molecule has 1 N–H and O–H groups in total. The number of rotatable bonds is 4. The molecular weight excluding hydrogens is 268 g/mol. The van der Waals surface area contributed by atoms with Gasteiger partial charge < -0.3 is 5.11 Å². The van der Waals surface area contributed by atoms with Crippen molar-refractivity contribution in [1.82, 2.24) is 0 Å². The van der Waals surface area contributed by atoms with Crippen molar-refractivity contribution in [3.8, 4) is 0 Å². The zero-order chi connectivity index (χ0) is 13.0. The Kier molecular flexibility index (Phi) is 4.42. The first-order valence-electron chi connectivity index (χ1n) is 5.36. The lowest BCUT2D eigenvalue weighted by Gasteiger charge is -2.08. The minimum Gasteiger partial charge on any atom is -0.392 e. The first kappa shape index (κ1) is 13.1. The molecule has 92 valence electrons. The fraction of sp³-hybridized carbons (Fsp3) is 0.0714. The number of hydrogen-bond donors (Lipinski definition) is 1. The summed E-state index contributed by atoms with van der Waals surface area (Å²) in [6.07, 6.45) is 0.766. The second-order valence-electron chi connectivity index (χ2n) is 3.68. The third kappa shape index (κ3) is 2.93. The molecule has 2 rings (SSSR count). The molecule has 0 fully saturated rings. The lowest BCUT2D eigenvalue weighted by molar-refractivity contribution is 0.112. The predicted molar refractivity (Wildman–Crippen MR) is 73.3 cm³/mol. The third-order valence-corrected chi connectivity index (χ3v) is 4.07. The number of hydrogen-bond acceptors (Lipinski definition) is 3. The van der Waals surface area contributed by atoms with E-state index in [1.165, 1.54) is 11.8 Å². The Morgan fingerprint density at radius 1 is 1.17 bits per heavy atom. The second-order valence-corrected chi connectivity index (χ2v) is 5.17. The lowest BCUT2D eigenvalue weighted by Crippen LogP contribution is -1.87. The SMILES string of the molecule is O=Cc1ccc(Sc2ccccc2CO)c(Cl)c1. The first-order valence-corrected chi connectivity index (χ1v) is 6.55. The van der Waals surface area contributed by atoms with Gasteiger partial charge in [0.25, 0.3) is 0 Å². The van der Waals surface area contributed by atoms with E-state index < -0.39 is 0 Å². The van der Waals surface area contributed by atoms with Crippen molar-refractivity contribution in [2.24, 2.45) is 0 Å². The van der Waals surface area contributed by atoms with E-state index >= 15 is 0 Å². The minimum atomic E-state index is -0.00673. The molecular formula is C14H11ClO2S. The van der Waals surface area contributed by atoms with Crippen LogP contribution in [0.25, 0.3) is 0 Å². The average molecular weight is 279 g/mol. The van der Waals surface area contributed by atoms with Crippen molar-refractivity contribution < 1.29 is 9.90 Å². The highest BCUT2D eigenvalue weighted by Gasteiger charge is 2.07. The zero-order valence-electron chi connectivity index (χ0n) is 9.47. The first-order chi connectivity index (χ1) is 8.74. The van der Waals surface area contributed by atoms with Crippen LogP contribution in [-0.2, 0) is 6.61 Å². The maximum absolute atomic E-state index is 10.6. The van der Waals surface area contributed by atoms with Crippen LogP contribution in [0.5, 0.6) is 0 Å². The molecule has 0 heterocycles. The molecule has 2 nitrogen and oxygen atoms in total. The maximum Gasteiger partial charge on any atom is 0.150 e. The molecule has 0 spiro atoms. The molecule has 0 saturated carbocycles. The van der Waals surface area contributed by atoms with Crippen LogP contribution in [0.4, 0.5) is 0 Å². The normalized spacial score (nSPS) is 10.3. The quantitative estimate of drug-likeness (QED) is 0.865. The van der Waals surface area contributed by atoms with E-state index in [0.717, 1.165) is 21.6 Å². The minimum absolute atomic E-state index is 0.00673. The third-order valence-electron chi connectivity index (χ3n) is 2.45. The van der Waals surface area contributed by atoms with Gasteiger partial charge in [-0.2, -0.15) is 0 Å². The van der Waals surface area contributed by atoms with E-state index in [0.29, 0.717) is 10.6 Å². The second kappa shape index (κ2) is 6.05. The molecule has 2 aromatic carbocycles. The van der Waals surface area contributed by atoms with E-state index in [2.05, 4.69) is 0 Å². The molecule has 0 aliphatic rings. The molecule has 0 amide bonds. The maximum atomic E-state index is 10.6. The summed E-state index contributed by atoms with van der Waals surface area (Å²) in [5.74, 6) is 0. The van der Waals surface area contributed by atoms with Crippen LogP contribution < -0.4 is 0 Å². The summed E-state index contributed by atoms with van der Waals surface area (Å²) in [6, 6.07) is 12.8. The predicted octanol–water partition coefficient (Wildman–Crippen LogP) is 3.80. The van der Waals surface area contributed by atoms with E-state index in [1.54, 1.807) is 12.1 Å². The molecule has 0 atom stereocenters. The van der Waals surface area contributed by atoms with E-state index in [-0.39, 0.29) is 6.61 Å². The van der Waals surface area contributed by atoms with E-state index in [9.17, 15) is 9.90 Å². The summed E-state index contributed by atoms with van der Waals surface area (Å²) < 4.78 is 0. The highest BCUT2D eigenvalue weighted by atomic mass is 35.5. The Bertz CT molecular complexity index is 569. The van der Waals surface area contributed by atoms with Gasteiger partial charge in [-0.25, -0.2) is 0 Å². The largest absolute Gasteiger partial charge is 0.392 e. The molecule has 18 heavy (non-hydrogen) atoms. The number of aliphatic hydroxyl groups is 1. The van der Waals surface area contributed by atoms with E-state index in [1.807, 2.05) is 30.3 Å². The molecule has 0 bridgehead atoms. The molecule has 0 aromatic heterocycles. The van der Waals surface area contributed by atoms with Crippen LogP contribution in [0.15, 0.2) is 52.3 Å². The topological polar surface area (TPSA) is 37.3 Å². The number of carbonyl (C=O) groups excluding carboxylic acids is 1. The van der Waals surface area contributed by atoms with Gasteiger partial charge in [0, 0.05) is 15.4 Å². The van der Waals surface area contributed by atoms with Crippen LogP contribution in [0.1, 0.15) is 15.9 Å². The van der Waals surface area contributed by atoms with E-state index in [4.69, 9.17) is 11.6 Å². The average Bonchev–Trinajstić information content (AvgIpc) is 2.41. The Balaban J connectivity index is 2.31. The number of aliphatic hydroxyl groups excluding tert-OH is 1. The molecule has 0 unspecified atom stereocenters. The van der Waals surface area contributed by atoms with Gasteiger partial charge in [-0.1, -0.05) is 47.6 Å². The van der Waals surface area contributed by atoms with Gasteiger partial charge in [-0.05, 0) is 23.8 Å². The Morgan fingerprint density at radius 3 is 2.61 bits per heavy atom. The molecule has 0 aliphatic carbocycles. The Labute approximate surface area is 115 Å². The van der Waals surface area contributed by atoms with Crippen molar-refractivity contribution in [1.29, 1.82) is 0 Å². The van der Waals surface area contributed by atoms with Crippen LogP contribution >= 0.6 is 23.4 Å². The zero-order valence-corrected chi connectivity index (χ0v) is 11.0. The molecule has 4 heteroatoms. The van der Waals surface area contributed by atoms with Crippen LogP contribution in [0.2, 0.25) is 5.02 Å². The smallest absolute Gasteiger partial charge is 0.150 e.